The second-order valence-corrected chi connectivity index (χ2v) is 9.68. The van der Waals surface area contributed by atoms with E-state index in [4.69, 9.17) is 9.26 Å². The van der Waals surface area contributed by atoms with Crippen molar-refractivity contribution in [2.75, 3.05) is 0 Å². The molecule has 0 spiro atoms. The summed E-state index contributed by atoms with van der Waals surface area (Å²) in [4.78, 5) is 30.8. The molecule has 1 amide bonds. The Kier molecular flexibility index (Phi) is 5.80. The van der Waals surface area contributed by atoms with Crippen LogP contribution in [0.4, 0.5) is 4.79 Å². The van der Waals surface area contributed by atoms with Crippen molar-refractivity contribution in [2.24, 2.45) is 0 Å². The number of nitrogens with zero attached hydrogens (tertiary/aromatic N) is 4. The van der Waals surface area contributed by atoms with E-state index in [0.29, 0.717) is 5.69 Å². The Bertz CT molecular complexity index is 1110. The van der Waals surface area contributed by atoms with Crippen molar-refractivity contribution in [1.82, 2.24) is 25.2 Å². The molecular formula is C20H25N5O4S. The predicted molar refractivity (Wildman–Crippen MR) is 112 cm³/mol. The average molecular weight is 432 g/mol. The zero-order valence-electron chi connectivity index (χ0n) is 17.8. The number of nitrogens with one attached hydrogen (secondary N) is 1. The molecule has 0 saturated heterocycles. The highest BCUT2D eigenvalue weighted by Crippen LogP contribution is 2.25. The van der Waals surface area contributed by atoms with Crippen LogP contribution in [0.15, 0.2) is 33.6 Å². The third-order valence-corrected chi connectivity index (χ3v) is 5.01. The fraction of sp³-hybridized carbons (Fsp3) is 0.450. The van der Waals surface area contributed by atoms with E-state index in [2.05, 4.69) is 20.6 Å². The molecule has 0 saturated carbocycles. The van der Waals surface area contributed by atoms with Gasteiger partial charge in [0.15, 0.2) is 5.82 Å². The number of rotatable bonds is 5. The van der Waals surface area contributed by atoms with E-state index in [1.54, 1.807) is 52.0 Å². The van der Waals surface area contributed by atoms with Gasteiger partial charge in [0, 0.05) is 10.9 Å². The van der Waals surface area contributed by atoms with Gasteiger partial charge < -0.3 is 14.6 Å². The van der Waals surface area contributed by atoms with Crippen molar-refractivity contribution < 1.29 is 14.1 Å². The first-order valence-electron chi connectivity index (χ1n) is 9.42. The van der Waals surface area contributed by atoms with Crippen LogP contribution >= 0.6 is 11.3 Å². The Morgan fingerprint density at radius 3 is 2.57 bits per heavy atom. The maximum absolute atomic E-state index is 12.2. The maximum Gasteiger partial charge on any atom is 0.408 e. The number of aromatic nitrogens is 4. The summed E-state index contributed by atoms with van der Waals surface area (Å²) in [7, 11) is 0. The molecule has 0 aromatic carbocycles. The molecule has 0 aliphatic rings. The van der Waals surface area contributed by atoms with Crippen molar-refractivity contribution in [3.63, 3.8) is 0 Å². The van der Waals surface area contributed by atoms with Gasteiger partial charge in [-0.2, -0.15) is 10.1 Å². The standard InChI is InChI=1S/C20H25N5O4S/c1-12-7-9-14(30-12)13-8-10-16(26)25(23-13)11-15-21-17(24-29-15)20(5,6)22-18(27)28-19(2,3)4/h7-10H,11H2,1-6H3,(H,22,27). The van der Waals surface area contributed by atoms with Crippen molar-refractivity contribution >= 4 is 17.4 Å². The quantitative estimate of drug-likeness (QED) is 0.658. The van der Waals surface area contributed by atoms with E-state index in [1.165, 1.54) is 10.7 Å². The Hall–Kier alpha value is -3.01. The summed E-state index contributed by atoms with van der Waals surface area (Å²) >= 11 is 1.60. The van der Waals surface area contributed by atoms with Gasteiger partial charge in [0.05, 0.1) is 4.88 Å². The normalized spacial score (nSPS) is 12.1. The van der Waals surface area contributed by atoms with Gasteiger partial charge >= 0.3 is 6.09 Å². The molecule has 0 bridgehead atoms. The molecule has 1 N–H and O–H groups in total. The van der Waals surface area contributed by atoms with Gasteiger partial charge in [-0.05, 0) is 59.7 Å². The highest BCUT2D eigenvalue weighted by atomic mass is 32.1. The predicted octanol–water partition coefficient (Wildman–Crippen LogP) is 3.47. The van der Waals surface area contributed by atoms with Crippen molar-refractivity contribution in [2.45, 2.75) is 59.2 Å². The van der Waals surface area contributed by atoms with Gasteiger partial charge in [-0.3, -0.25) is 4.79 Å². The van der Waals surface area contributed by atoms with Gasteiger partial charge in [0.1, 0.15) is 23.4 Å². The molecule has 30 heavy (non-hydrogen) atoms. The highest BCUT2D eigenvalue weighted by Gasteiger charge is 2.31. The largest absolute Gasteiger partial charge is 0.444 e. The molecule has 0 aliphatic carbocycles. The van der Waals surface area contributed by atoms with Gasteiger partial charge in [-0.25, -0.2) is 9.48 Å². The Labute approximate surface area is 178 Å². The van der Waals surface area contributed by atoms with Crippen LogP contribution in [0.5, 0.6) is 0 Å². The first-order chi connectivity index (χ1) is 13.9. The van der Waals surface area contributed by atoms with Crippen LogP contribution in [0.25, 0.3) is 10.6 Å². The zero-order chi connectivity index (χ0) is 22.1. The molecule has 10 heteroatoms. The lowest BCUT2D eigenvalue weighted by Gasteiger charge is -2.26. The number of amides is 1. The smallest absolute Gasteiger partial charge is 0.408 e. The summed E-state index contributed by atoms with van der Waals surface area (Å²) in [5.74, 6) is 0.472. The fourth-order valence-electron chi connectivity index (χ4n) is 2.58. The van der Waals surface area contributed by atoms with E-state index in [1.807, 2.05) is 19.1 Å². The van der Waals surface area contributed by atoms with Crippen LogP contribution in [0.3, 0.4) is 0 Å². The molecular weight excluding hydrogens is 406 g/mol. The lowest BCUT2D eigenvalue weighted by molar-refractivity contribution is 0.0465. The van der Waals surface area contributed by atoms with Gasteiger partial charge in [0.25, 0.3) is 5.56 Å². The molecule has 160 valence electrons. The summed E-state index contributed by atoms with van der Waals surface area (Å²) in [6.07, 6.45) is -0.587. The summed E-state index contributed by atoms with van der Waals surface area (Å²) in [5, 5.41) is 11.1. The van der Waals surface area contributed by atoms with Crippen LogP contribution in [-0.4, -0.2) is 31.6 Å². The number of hydrogen-bond donors (Lipinski definition) is 1. The number of carbonyl (C=O) groups is 1. The van der Waals surface area contributed by atoms with E-state index in [9.17, 15) is 9.59 Å². The van der Waals surface area contributed by atoms with Crippen molar-refractivity contribution in [3.05, 3.63) is 51.2 Å². The number of hydrogen-bond acceptors (Lipinski definition) is 8. The summed E-state index contributed by atoms with van der Waals surface area (Å²) < 4.78 is 11.8. The Morgan fingerprint density at radius 1 is 1.20 bits per heavy atom. The lowest BCUT2D eigenvalue weighted by atomic mass is 10.1. The molecule has 0 atom stereocenters. The fourth-order valence-corrected chi connectivity index (χ4v) is 3.41. The third-order valence-electron chi connectivity index (χ3n) is 3.99. The number of carbonyl (C=O) groups excluding carboxylic acids is 1. The Balaban J connectivity index is 1.77. The van der Waals surface area contributed by atoms with Crippen LogP contribution < -0.4 is 10.9 Å². The molecule has 0 radical (unpaired) electrons. The molecule has 0 fully saturated rings. The second kappa shape index (κ2) is 8.02. The number of alkyl carbamates (subject to hydrolysis) is 1. The number of ether oxygens (including phenoxy) is 1. The van der Waals surface area contributed by atoms with Crippen molar-refractivity contribution in [3.8, 4) is 10.6 Å². The monoisotopic (exact) mass is 431 g/mol. The highest BCUT2D eigenvalue weighted by molar-refractivity contribution is 7.15. The average Bonchev–Trinajstić information content (AvgIpc) is 3.24. The van der Waals surface area contributed by atoms with Crippen molar-refractivity contribution in [1.29, 1.82) is 0 Å². The molecule has 3 heterocycles. The number of thiophene rings is 1. The lowest BCUT2D eigenvalue weighted by Crippen LogP contribution is -2.44. The minimum atomic E-state index is -0.932. The minimum Gasteiger partial charge on any atom is -0.444 e. The minimum absolute atomic E-state index is 0.0204. The van der Waals surface area contributed by atoms with E-state index in [0.717, 1.165) is 9.75 Å². The van der Waals surface area contributed by atoms with Gasteiger partial charge in [-0.1, -0.05) is 5.16 Å². The molecule has 3 aromatic rings. The van der Waals surface area contributed by atoms with Gasteiger partial charge in [-0.15, -0.1) is 11.3 Å². The van der Waals surface area contributed by atoms with Crippen LogP contribution in [0.2, 0.25) is 0 Å². The third kappa shape index (κ3) is 5.32. The summed E-state index contributed by atoms with van der Waals surface area (Å²) in [5.41, 5.74) is -1.14. The maximum atomic E-state index is 12.2. The SMILES string of the molecule is Cc1ccc(-c2ccc(=O)n(Cc3nc(C(C)(C)NC(=O)OC(C)(C)C)no3)n2)s1. The van der Waals surface area contributed by atoms with E-state index in [-0.39, 0.29) is 23.8 Å². The number of aryl methyl sites for hydroxylation is 1. The molecule has 0 aliphatic heterocycles. The van der Waals surface area contributed by atoms with Crippen LogP contribution in [0.1, 0.15) is 51.2 Å². The molecule has 3 aromatic heterocycles. The van der Waals surface area contributed by atoms with Crippen LogP contribution in [-0.2, 0) is 16.8 Å². The molecule has 9 nitrogen and oxygen atoms in total. The molecule has 0 unspecified atom stereocenters. The summed E-state index contributed by atoms with van der Waals surface area (Å²) in [6.45, 7) is 10.8. The Morgan fingerprint density at radius 2 is 1.93 bits per heavy atom. The van der Waals surface area contributed by atoms with Gasteiger partial charge in [0.2, 0.25) is 5.89 Å². The first-order valence-corrected chi connectivity index (χ1v) is 10.2. The van der Waals surface area contributed by atoms with Crippen LogP contribution in [0, 0.1) is 6.92 Å². The van der Waals surface area contributed by atoms with E-state index < -0.39 is 17.2 Å². The summed E-state index contributed by atoms with van der Waals surface area (Å²) in [6, 6.07) is 7.12. The van der Waals surface area contributed by atoms with E-state index >= 15 is 0 Å². The molecule has 3 rings (SSSR count). The topological polar surface area (TPSA) is 112 Å². The second-order valence-electron chi connectivity index (χ2n) is 8.39. The zero-order valence-corrected chi connectivity index (χ0v) is 18.7. The first kappa shape index (κ1) is 21.7.